The van der Waals surface area contributed by atoms with Gasteiger partial charge in [0.15, 0.2) is 0 Å². The summed E-state index contributed by atoms with van der Waals surface area (Å²) >= 11 is 3.75. The van der Waals surface area contributed by atoms with E-state index in [1.165, 1.54) is 107 Å². The molecule has 0 amide bonds. The average molecular weight is 1030 g/mol. The highest BCUT2D eigenvalue weighted by Crippen LogP contribution is 2.47. The molecule has 2 nitrogen and oxygen atoms in total. The fraction of sp³-hybridized carbons (Fsp3) is 0.0270. The number of hydrogen-bond donors (Lipinski definition) is 0. The summed E-state index contributed by atoms with van der Waals surface area (Å²) in [5.74, 6) is 0. The molecule has 0 unspecified atom stereocenters. The number of nitrogens with zero attached hydrogens (tertiary/aromatic N) is 2. The molecule has 0 aliphatic heterocycles. The number of anilines is 6. The first kappa shape index (κ1) is 47.2. The van der Waals surface area contributed by atoms with Gasteiger partial charge in [-0.25, -0.2) is 0 Å². The number of para-hydroxylation sites is 2. The van der Waals surface area contributed by atoms with Crippen molar-refractivity contribution in [1.82, 2.24) is 0 Å². The van der Waals surface area contributed by atoms with Crippen LogP contribution in [0.25, 0.3) is 96.0 Å². The lowest BCUT2D eigenvalue weighted by atomic mass is 9.94. The van der Waals surface area contributed by atoms with Crippen LogP contribution in [0.4, 0.5) is 34.1 Å². The third kappa shape index (κ3) is 8.43. The first-order valence-corrected chi connectivity index (χ1v) is 28.3. The van der Waals surface area contributed by atoms with Crippen LogP contribution in [0, 0.1) is 13.8 Å². The molecule has 0 atom stereocenters. The molecule has 0 radical (unpaired) electrons. The summed E-state index contributed by atoms with van der Waals surface area (Å²) in [6.45, 7) is 4.51. The summed E-state index contributed by atoms with van der Waals surface area (Å²) in [6.07, 6.45) is 0. The molecule has 0 aliphatic carbocycles. The van der Waals surface area contributed by atoms with E-state index in [-0.39, 0.29) is 0 Å². The van der Waals surface area contributed by atoms with Gasteiger partial charge in [0.05, 0.1) is 11.4 Å². The maximum absolute atomic E-state index is 2.43. The van der Waals surface area contributed by atoms with E-state index < -0.39 is 0 Å². The van der Waals surface area contributed by atoms with E-state index in [2.05, 4.69) is 303 Å². The van der Waals surface area contributed by atoms with Crippen molar-refractivity contribution in [3.8, 4) is 55.6 Å². The maximum Gasteiger partial charge on any atom is 0.0540 e. The van der Waals surface area contributed by atoms with E-state index in [0.717, 1.165) is 34.1 Å². The molecule has 14 aromatic rings. The van der Waals surface area contributed by atoms with Crippen LogP contribution < -0.4 is 9.80 Å². The van der Waals surface area contributed by atoms with Crippen LogP contribution in [0.15, 0.2) is 279 Å². The molecule has 0 bridgehead atoms. The highest BCUT2D eigenvalue weighted by molar-refractivity contribution is 7.26. The van der Waals surface area contributed by atoms with Crippen LogP contribution in [0.2, 0.25) is 0 Å². The topological polar surface area (TPSA) is 6.48 Å². The first-order chi connectivity index (χ1) is 38.5. The monoisotopic (exact) mass is 1030 g/mol. The van der Waals surface area contributed by atoms with Crippen LogP contribution in [0.1, 0.15) is 11.1 Å². The summed E-state index contributed by atoms with van der Waals surface area (Å²) in [4.78, 5) is 4.85. The van der Waals surface area contributed by atoms with Crippen LogP contribution in [0.5, 0.6) is 0 Å². The fourth-order valence-electron chi connectivity index (χ4n) is 11.6. The molecule has 0 aliphatic rings. The largest absolute Gasteiger partial charge is 0.310 e. The van der Waals surface area contributed by atoms with E-state index in [9.17, 15) is 0 Å². The SMILES string of the molecule is Cc1cc(N(c2ccc(-c3cccc4c3sc3ccccc34)cc2)c2ccccc2-c2ccccc2)ccc1-c1ccc(N(c2ccc(-c3cccc4c3sc3ccccc34)cc2)c2ccccc2-c2ccccc2)cc1C. The van der Waals surface area contributed by atoms with E-state index in [1.807, 2.05) is 22.7 Å². The van der Waals surface area contributed by atoms with Gasteiger partial charge in [-0.3, -0.25) is 0 Å². The second kappa shape index (κ2) is 20.0. The van der Waals surface area contributed by atoms with Crippen LogP contribution in [0.3, 0.4) is 0 Å². The lowest BCUT2D eigenvalue weighted by Gasteiger charge is -2.29. The fourth-order valence-corrected chi connectivity index (χ4v) is 14.1. The molecular weight excluding hydrogens is 981 g/mol. The minimum absolute atomic E-state index is 1.10. The zero-order chi connectivity index (χ0) is 52.1. The second-order valence-electron chi connectivity index (χ2n) is 20.1. The average Bonchev–Trinajstić information content (AvgIpc) is 4.25. The van der Waals surface area contributed by atoms with Crippen molar-refractivity contribution in [3.63, 3.8) is 0 Å². The Morgan fingerprint density at radius 2 is 0.577 bits per heavy atom. The van der Waals surface area contributed by atoms with E-state index >= 15 is 0 Å². The summed E-state index contributed by atoms with van der Waals surface area (Å²) in [7, 11) is 0. The molecule has 0 spiro atoms. The Hall–Kier alpha value is -9.32. The number of benzene rings is 12. The van der Waals surface area contributed by atoms with Crippen LogP contribution in [-0.4, -0.2) is 0 Å². The van der Waals surface area contributed by atoms with E-state index in [4.69, 9.17) is 0 Å². The van der Waals surface area contributed by atoms with Crippen molar-refractivity contribution in [1.29, 1.82) is 0 Å². The van der Waals surface area contributed by atoms with Gasteiger partial charge in [0.2, 0.25) is 0 Å². The van der Waals surface area contributed by atoms with Gasteiger partial charge in [-0.1, -0.05) is 206 Å². The minimum atomic E-state index is 1.10. The Balaban J connectivity index is 0.845. The predicted molar refractivity (Wildman–Crippen MR) is 338 cm³/mol. The molecule has 0 fully saturated rings. The summed E-state index contributed by atoms with van der Waals surface area (Å²) in [6, 6.07) is 102. The Morgan fingerprint density at radius 3 is 1.00 bits per heavy atom. The van der Waals surface area contributed by atoms with E-state index in [1.54, 1.807) is 0 Å². The van der Waals surface area contributed by atoms with Gasteiger partial charge in [-0.15, -0.1) is 22.7 Å². The third-order valence-corrected chi connectivity index (χ3v) is 17.8. The van der Waals surface area contributed by atoms with Gasteiger partial charge < -0.3 is 9.80 Å². The molecule has 370 valence electrons. The van der Waals surface area contributed by atoms with Crippen molar-refractivity contribution < 1.29 is 0 Å². The van der Waals surface area contributed by atoms with Gasteiger partial charge >= 0.3 is 0 Å². The Labute approximate surface area is 463 Å². The zero-order valence-electron chi connectivity index (χ0n) is 43.3. The van der Waals surface area contributed by atoms with Crippen molar-refractivity contribution >= 4 is 97.1 Å². The molecule has 0 saturated carbocycles. The summed E-state index contributed by atoms with van der Waals surface area (Å²) < 4.78 is 5.28. The van der Waals surface area contributed by atoms with Crippen molar-refractivity contribution in [2.24, 2.45) is 0 Å². The third-order valence-electron chi connectivity index (χ3n) is 15.4. The molecule has 12 aromatic carbocycles. The summed E-state index contributed by atoms with van der Waals surface area (Å²) in [5.41, 5.74) is 21.1. The lowest BCUT2D eigenvalue weighted by molar-refractivity contribution is 1.26. The van der Waals surface area contributed by atoms with E-state index in [0.29, 0.717) is 0 Å². The first-order valence-electron chi connectivity index (χ1n) is 26.6. The Kier molecular flexibility index (Phi) is 12.1. The second-order valence-corrected chi connectivity index (χ2v) is 22.2. The van der Waals surface area contributed by atoms with Crippen molar-refractivity contribution in [3.05, 3.63) is 290 Å². The predicted octanol–water partition coefficient (Wildman–Crippen LogP) is 22.3. The molecule has 14 rings (SSSR count). The Bertz CT molecular complexity index is 4220. The quantitative estimate of drug-likeness (QED) is 0.127. The molecule has 4 heteroatoms. The maximum atomic E-state index is 2.43. The van der Waals surface area contributed by atoms with Crippen LogP contribution in [-0.2, 0) is 0 Å². The summed E-state index contributed by atoms with van der Waals surface area (Å²) in [5, 5.41) is 5.25. The molecule has 2 heterocycles. The van der Waals surface area contributed by atoms with Gasteiger partial charge in [0.25, 0.3) is 0 Å². The Morgan fingerprint density at radius 1 is 0.244 bits per heavy atom. The number of rotatable bonds is 11. The molecule has 0 N–H and O–H groups in total. The highest BCUT2D eigenvalue weighted by atomic mass is 32.1. The number of hydrogen-bond acceptors (Lipinski definition) is 4. The molecule has 2 aromatic heterocycles. The molecule has 0 saturated heterocycles. The normalized spacial score (nSPS) is 11.5. The smallest absolute Gasteiger partial charge is 0.0540 e. The minimum Gasteiger partial charge on any atom is -0.310 e. The van der Waals surface area contributed by atoms with Crippen molar-refractivity contribution in [2.45, 2.75) is 13.8 Å². The lowest BCUT2D eigenvalue weighted by Crippen LogP contribution is -2.12. The standard InChI is InChI=1S/C74H52N2S2/c1-49-47-57(75(69-31-13-9-23-61(69)51-19-5-3-6-20-51)55-39-35-53(36-40-55)63-27-17-29-67-65-25-11-15-33-71(65)77-73(63)67)43-45-59(49)60-46-44-58(48-50(60)2)76(70-32-14-10-24-62(70)52-21-7-4-8-22-52)56-41-37-54(38-42-56)64-28-18-30-68-66-26-12-16-34-72(66)78-74(64)68/h3-48H,1-2H3. The molecule has 78 heavy (non-hydrogen) atoms. The van der Waals surface area contributed by atoms with Gasteiger partial charge in [0, 0.05) is 74.2 Å². The van der Waals surface area contributed by atoms with Gasteiger partial charge in [-0.05, 0) is 142 Å². The van der Waals surface area contributed by atoms with Crippen LogP contribution >= 0.6 is 22.7 Å². The van der Waals surface area contributed by atoms with Gasteiger partial charge in [0.1, 0.15) is 0 Å². The number of aryl methyl sites for hydroxylation is 2. The van der Waals surface area contributed by atoms with Crippen molar-refractivity contribution in [2.75, 3.05) is 9.80 Å². The van der Waals surface area contributed by atoms with Gasteiger partial charge in [-0.2, -0.15) is 0 Å². The number of thiophene rings is 2. The highest BCUT2D eigenvalue weighted by Gasteiger charge is 2.22. The number of fused-ring (bicyclic) bond motifs is 6. The molecular formula is C74H52N2S2. The zero-order valence-corrected chi connectivity index (χ0v) is 44.9.